The Hall–Kier alpha value is -1.55. The number of carbonyl (C=O) groups excluding carboxylic acids is 1. The first-order chi connectivity index (χ1) is 9.20. The zero-order valence-electron chi connectivity index (χ0n) is 11.8. The van der Waals surface area contributed by atoms with Crippen LogP contribution < -0.4 is 16.0 Å². The summed E-state index contributed by atoms with van der Waals surface area (Å²) in [4.78, 5) is 11.6. The molecule has 0 atom stereocenters. The van der Waals surface area contributed by atoms with Gasteiger partial charge in [-0.1, -0.05) is 6.07 Å². The molecule has 1 aliphatic heterocycles. The molecule has 4 nitrogen and oxygen atoms in total. The lowest BCUT2D eigenvalue weighted by atomic mass is 9.98. The van der Waals surface area contributed by atoms with E-state index >= 15 is 0 Å². The topological polar surface area (TPSA) is 53.2 Å². The maximum absolute atomic E-state index is 11.6. The van der Waals surface area contributed by atoms with Crippen LogP contribution in [0.4, 0.5) is 5.69 Å². The maximum Gasteiger partial charge on any atom is 0.251 e. The lowest BCUT2D eigenvalue weighted by Crippen LogP contribution is -2.31. The predicted octanol–water partition coefficient (Wildman–Crippen LogP) is 1.77. The molecule has 0 spiro atoms. The summed E-state index contributed by atoms with van der Waals surface area (Å²) in [5, 5.41) is 9.53. The summed E-state index contributed by atoms with van der Waals surface area (Å²) in [6.07, 6.45) is 2.45. The van der Waals surface area contributed by atoms with Gasteiger partial charge in [0.05, 0.1) is 0 Å². The van der Waals surface area contributed by atoms with Gasteiger partial charge in [-0.15, -0.1) is 0 Å². The number of anilines is 1. The van der Waals surface area contributed by atoms with Crippen LogP contribution in [0.3, 0.4) is 0 Å². The highest BCUT2D eigenvalue weighted by molar-refractivity contribution is 5.95. The molecule has 1 aromatic rings. The number of nitrogens with one attached hydrogen (secondary N) is 3. The van der Waals surface area contributed by atoms with Crippen LogP contribution in [0.5, 0.6) is 0 Å². The molecule has 1 aromatic carbocycles. The molecule has 3 N–H and O–H groups in total. The Kier molecular flexibility index (Phi) is 4.80. The van der Waals surface area contributed by atoms with Gasteiger partial charge in [-0.05, 0) is 56.5 Å². The largest absolute Gasteiger partial charge is 0.385 e. The Labute approximate surface area is 115 Å². The van der Waals surface area contributed by atoms with Crippen LogP contribution in [-0.4, -0.2) is 32.6 Å². The van der Waals surface area contributed by atoms with Gasteiger partial charge < -0.3 is 16.0 Å². The Balaban J connectivity index is 2.00. The van der Waals surface area contributed by atoms with Crippen LogP contribution in [0.25, 0.3) is 0 Å². The highest BCUT2D eigenvalue weighted by Crippen LogP contribution is 2.19. The molecule has 0 saturated carbocycles. The summed E-state index contributed by atoms with van der Waals surface area (Å²) < 4.78 is 0. The maximum atomic E-state index is 11.6. The standard InChI is InChI=1S/C15H23N3O/c1-11-3-4-13(15(19)16-2)9-14(11)18-10-12-5-7-17-8-6-12/h3-4,9,12,17-18H,5-8,10H2,1-2H3,(H,16,19). The predicted molar refractivity (Wildman–Crippen MR) is 78.7 cm³/mol. The molecule has 1 fully saturated rings. The summed E-state index contributed by atoms with van der Waals surface area (Å²) >= 11 is 0. The Morgan fingerprint density at radius 3 is 2.79 bits per heavy atom. The summed E-state index contributed by atoms with van der Waals surface area (Å²) in [6, 6.07) is 5.80. The average molecular weight is 261 g/mol. The molecule has 0 radical (unpaired) electrons. The molecule has 0 aliphatic carbocycles. The highest BCUT2D eigenvalue weighted by Gasteiger charge is 2.13. The number of aryl methyl sites for hydroxylation is 1. The molecule has 4 heteroatoms. The Morgan fingerprint density at radius 1 is 1.37 bits per heavy atom. The number of carbonyl (C=O) groups is 1. The van der Waals surface area contributed by atoms with Crippen molar-refractivity contribution < 1.29 is 4.79 Å². The van der Waals surface area contributed by atoms with Crippen LogP contribution in [0.2, 0.25) is 0 Å². The molecule has 0 bridgehead atoms. The molecule has 19 heavy (non-hydrogen) atoms. The third-order valence-electron chi connectivity index (χ3n) is 3.77. The SMILES string of the molecule is CNC(=O)c1ccc(C)c(NCC2CCNCC2)c1. The van der Waals surface area contributed by atoms with Crippen molar-refractivity contribution in [3.8, 4) is 0 Å². The first-order valence-electron chi connectivity index (χ1n) is 6.98. The van der Waals surface area contributed by atoms with Crippen LogP contribution >= 0.6 is 0 Å². The molecule has 1 saturated heterocycles. The van der Waals surface area contributed by atoms with Crippen LogP contribution in [-0.2, 0) is 0 Å². The molecular weight excluding hydrogens is 238 g/mol. The molecule has 1 amide bonds. The fraction of sp³-hybridized carbons (Fsp3) is 0.533. The van der Waals surface area contributed by atoms with Gasteiger partial charge in [0.15, 0.2) is 0 Å². The van der Waals surface area contributed by atoms with Gasteiger partial charge in [0, 0.05) is 24.8 Å². The molecule has 1 aliphatic rings. The second-order valence-electron chi connectivity index (χ2n) is 5.18. The van der Waals surface area contributed by atoms with Crippen molar-refractivity contribution in [1.82, 2.24) is 10.6 Å². The quantitative estimate of drug-likeness (QED) is 0.774. The van der Waals surface area contributed by atoms with E-state index in [1.807, 2.05) is 18.2 Å². The van der Waals surface area contributed by atoms with Crippen LogP contribution in [0, 0.1) is 12.8 Å². The van der Waals surface area contributed by atoms with Crippen LogP contribution in [0.1, 0.15) is 28.8 Å². The monoisotopic (exact) mass is 261 g/mol. The first-order valence-corrected chi connectivity index (χ1v) is 6.98. The minimum absolute atomic E-state index is 0.0371. The number of benzene rings is 1. The van der Waals surface area contributed by atoms with Crippen molar-refractivity contribution in [1.29, 1.82) is 0 Å². The summed E-state index contributed by atoms with van der Waals surface area (Å²) in [5.41, 5.74) is 2.96. The minimum Gasteiger partial charge on any atom is -0.385 e. The molecule has 104 valence electrons. The third kappa shape index (κ3) is 3.70. The Morgan fingerprint density at radius 2 is 2.11 bits per heavy atom. The highest BCUT2D eigenvalue weighted by atomic mass is 16.1. The van der Waals surface area contributed by atoms with Gasteiger partial charge in [0.1, 0.15) is 0 Å². The molecule has 1 heterocycles. The number of amides is 1. The van der Waals surface area contributed by atoms with Gasteiger partial charge in [0.2, 0.25) is 0 Å². The van der Waals surface area contributed by atoms with Crippen LogP contribution in [0.15, 0.2) is 18.2 Å². The van der Waals surface area contributed by atoms with Gasteiger partial charge in [-0.25, -0.2) is 0 Å². The molecular formula is C15H23N3O. The van der Waals surface area contributed by atoms with Gasteiger partial charge >= 0.3 is 0 Å². The zero-order chi connectivity index (χ0) is 13.7. The second kappa shape index (κ2) is 6.57. The minimum atomic E-state index is -0.0371. The first kappa shape index (κ1) is 13.9. The fourth-order valence-electron chi connectivity index (χ4n) is 2.44. The van der Waals surface area contributed by atoms with Crippen molar-refractivity contribution in [2.75, 3.05) is 32.0 Å². The second-order valence-corrected chi connectivity index (χ2v) is 5.18. The number of hydrogen-bond donors (Lipinski definition) is 3. The van der Waals surface area contributed by atoms with Gasteiger partial charge in [-0.3, -0.25) is 4.79 Å². The lowest BCUT2D eigenvalue weighted by Gasteiger charge is -2.23. The zero-order valence-corrected chi connectivity index (χ0v) is 11.8. The van der Waals surface area contributed by atoms with Crippen molar-refractivity contribution >= 4 is 11.6 Å². The van der Waals surface area contributed by atoms with E-state index in [9.17, 15) is 4.79 Å². The van der Waals surface area contributed by atoms with Crippen molar-refractivity contribution in [3.05, 3.63) is 29.3 Å². The summed E-state index contributed by atoms with van der Waals surface area (Å²) in [6.45, 7) is 5.28. The van der Waals surface area contributed by atoms with Crippen molar-refractivity contribution in [2.24, 2.45) is 5.92 Å². The number of hydrogen-bond acceptors (Lipinski definition) is 3. The van der Waals surface area contributed by atoms with E-state index in [-0.39, 0.29) is 5.91 Å². The average Bonchev–Trinajstić information content (AvgIpc) is 2.46. The smallest absolute Gasteiger partial charge is 0.251 e. The third-order valence-corrected chi connectivity index (χ3v) is 3.77. The number of rotatable bonds is 4. The van der Waals surface area contributed by atoms with E-state index in [1.165, 1.54) is 18.4 Å². The van der Waals surface area contributed by atoms with E-state index in [4.69, 9.17) is 0 Å². The van der Waals surface area contributed by atoms with Crippen molar-refractivity contribution in [3.63, 3.8) is 0 Å². The van der Waals surface area contributed by atoms with Gasteiger partial charge in [0.25, 0.3) is 5.91 Å². The Bertz CT molecular complexity index is 439. The summed E-state index contributed by atoms with van der Waals surface area (Å²) in [7, 11) is 1.66. The summed E-state index contributed by atoms with van der Waals surface area (Å²) in [5.74, 6) is 0.689. The van der Waals surface area contributed by atoms with E-state index in [0.29, 0.717) is 5.56 Å². The lowest BCUT2D eigenvalue weighted by molar-refractivity contribution is 0.0963. The van der Waals surface area contributed by atoms with Gasteiger partial charge in [-0.2, -0.15) is 0 Å². The van der Waals surface area contributed by atoms with Crippen molar-refractivity contribution in [2.45, 2.75) is 19.8 Å². The number of piperidine rings is 1. The fourth-order valence-corrected chi connectivity index (χ4v) is 2.44. The van der Waals surface area contributed by atoms with E-state index in [2.05, 4.69) is 22.9 Å². The molecule has 2 rings (SSSR count). The molecule has 0 aromatic heterocycles. The normalized spacial score (nSPS) is 16.1. The van der Waals surface area contributed by atoms with E-state index in [1.54, 1.807) is 7.05 Å². The van der Waals surface area contributed by atoms with E-state index < -0.39 is 0 Å². The molecule has 0 unspecified atom stereocenters. The van der Waals surface area contributed by atoms with E-state index in [0.717, 1.165) is 31.2 Å².